The second-order valence-corrected chi connectivity index (χ2v) is 10.2. The van der Waals surface area contributed by atoms with Crippen molar-refractivity contribution in [2.24, 2.45) is 7.05 Å². The molecule has 9 heteroatoms. The molecular weight excluding hydrogens is 442 g/mol. The molecule has 1 fully saturated rings. The summed E-state index contributed by atoms with van der Waals surface area (Å²) in [6.07, 6.45) is 5.29. The summed E-state index contributed by atoms with van der Waals surface area (Å²) in [7, 11) is -2.33. The Balaban J connectivity index is 1.51. The third kappa shape index (κ3) is 4.60. The van der Waals surface area contributed by atoms with Crippen LogP contribution in [-0.2, 0) is 26.6 Å². The van der Waals surface area contributed by atoms with Crippen LogP contribution in [0, 0.1) is 0 Å². The summed E-state index contributed by atoms with van der Waals surface area (Å²) in [5.74, 6) is -0.745. The van der Waals surface area contributed by atoms with E-state index in [9.17, 15) is 18.0 Å². The van der Waals surface area contributed by atoms with Crippen molar-refractivity contribution in [2.45, 2.75) is 37.1 Å². The maximum atomic E-state index is 13.4. The molecule has 1 atom stereocenters. The van der Waals surface area contributed by atoms with Crippen LogP contribution < -0.4 is 0 Å². The van der Waals surface area contributed by atoms with Gasteiger partial charge in [0.25, 0.3) is 0 Å². The number of rotatable bonds is 6. The van der Waals surface area contributed by atoms with Gasteiger partial charge in [-0.3, -0.25) is 4.79 Å². The van der Waals surface area contributed by atoms with E-state index in [-0.39, 0.29) is 29.6 Å². The molecular formula is C24H29N3O5S. The SMILES string of the molecule is CCOC(=O)c1cc(S(=O)(=O)N2CCCC2C(=O)N2CC=C(c3ccccc3)CC2)cn1C. The molecule has 0 radical (unpaired) electrons. The minimum atomic E-state index is -3.93. The summed E-state index contributed by atoms with van der Waals surface area (Å²) in [5.41, 5.74) is 2.51. The van der Waals surface area contributed by atoms with Crippen LogP contribution in [0.1, 0.15) is 42.2 Å². The first-order valence-electron chi connectivity index (χ1n) is 11.2. The Kier molecular flexibility index (Phi) is 6.71. The van der Waals surface area contributed by atoms with Crippen molar-refractivity contribution in [3.8, 4) is 0 Å². The van der Waals surface area contributed by atoms with E-state index >= 15 is 0 Å². The zero-order valence-electron chi connectivity index (χ0n) is 18.9. The highest BCUT2D eigenvalue weighted by Crippen LogP contribution is 2.30. The molecule has 8 nitrogen and oxygen atoms in total. The summed E-state index contributed by atoms with van der Waals surface area (Å²) in [6.45, 7) is 3.19. The minimum absolute atomic E-state index is 0.00217. The van der Waals surface area contributed by atoms with Gasteiger partial charge in [0.2, 0.25) is 15.9 Å². The lowest BCUT2D eigenvalue weighted by Gasteiger charge is -2.31. The molecule has 1 unspecified atom stereocenters. The molecule has 0 bridgehead atoms. The van der Waals surface area contributed by atoms with Gasteiger partial charge in [-0.25, -0.2) is 13.2 Å². The van der Waals surface area contributed by atoms with E-state index in [1.165, 1.54) is 26.7 Å². The summed E-state index contributed by atoms with van der Waals surface area (Å²) >= 11 is 0. The number of nitrogens with zero attached hydrogens (tertiary/aromatic N) is 3. The van der Waals surface area contributed by atoms with E-state index in [1.54, 1.807) is 18.9 Å². The maximum absolute atomic E-state index is 13.4. The Morgan fingerprint density at radius 1 is 1.15 bits per heavy atom. The highest BCUT2D eigenvalue weighted by molar-refractivity contribution is 7.89. The summed E-state index contributed by atoms with van der Waals surface area (Å²) in [5, 5.41) is 0. The summed E-state index contributed by atoms with van der Waals surface area (Å²) in [4.78, 5) is 27.2. The van der Waals surface area contributed by atoms with Crippen LogP contribution in [0.4, 0.5) is 0 Å². The molecule has 0 saturated carbocycles. The third-order valence-electron chi connectivity index (χ3n) is 6.23. The number of ether oxygens (including phenoxy) is 1. The molecule has 0 N–H and O–H groups in total. The Morgan fingerprint density at radius 3 is 2.58 bits per heavy atom. The number of aromatic nitrogens is 1. The van der Waals surface area contributed by atoms with Gasteiger partial charge in [0, 0.05) is 32.9 Å². The number of hydrogen-bond donors (Lipinski definition) is 0. The highest BCUT2D eigenvalue weighted by Gasteiger charge is 2.42. The molecule has 1 amide bonds. The largest absolute Gasteiger partial charge is 0.461 e. The molecule has 2 aliphatic rings. The second-order valence-electron chi connectivity index (χ2n) is 8.30. The fourth-order valence-electron chi connectivity index (χ4n) is 4.49. The lowest BCUT2D eigenvalue weighted by Crippen LogP contribution is -2.48. The normalized spacial score (nSPS) is 19.4. The Bertz CT molecular complexity index is 1170. The van der Waals surface area contributed by atoms with Crippen LogP contribution in [0.5, 0.6) is 0 Å². The van der Waals surface area contributed by atoms with Crippen molar-refractivity contribution < 1.29 is 22.7 Å². The van der Waals surface area contributed by atoms with Crippen LogP contribution in [0.3, 0.4) is 0 Å². The van der Waals surface area contributed by atoms with Crippen molar-refractivity contribution in [2.75, 3.05) is 26.2 Å². The maximum Gasteiger partial charge on any atom is 0.354 e. The molecule has 3 heterocycles. The first-order valence-corrected chi connectivity index (χ1v) is 12.7. The lowest BCUT2D eigenvalue weighted by molar-refractivity contribution is -0.134. The van der Waals surface area contributed by atoms with E-state index in [0.29, 0.717) is 25.9 Å². The summed E-state index contributed by atoms with van der Waals surface area (Å²) in [6, 6.07) is 10.7. The van der Waals surface area contributed by atoms with E-state index in [4.69, 9.17) is 4.74 Å². The van der Waals surface area contributed by atoms with Crippen LogP contribution in [0.2, 0.25) is 0 Å². The van der Waals surface area contributed by atoms with Gasteiger partial charge in [0.1, 0.15) is 16.6 Å². The smallest absolute Gasteiger partial charge is 0.354 e. The quantitative estimate of drug-likeness (QED) is 0.605. The number of aryl methyl sites for hydroxylation is 1. The first kappa shape index (κ1) is 23.3. The van der Waals surface area contributed by atoms with Crippen molar-refractivity contribution >= 4 is 27.5 Å². The Labute approximate surface area is 194 Å². The van der Waals surface area contributed by atoms with Gasteiger partial charge in [-0.15, -0.1) is 0 Å². The van der Waals surface area contributed by atoms with Gasteiger partial charge >= 0.3 is 5.97 Å². The number of hydrogen-bond acceptors (Lipinski definition) is 5. The molecule has 1 aromatic heterocycles. The van der Waals surface area contributed by atoms with Gasteiger partial charge in [-0.1, -0.05) is 36.4 Å². The predicted octanol–water partition coefficient (Wildman–Crippen LogP) is 2.67. The third-order valence-corrected chi connectivity index (χ3v) is 8.10. The van der Waals surface area contributed by atoms with Gasteiger partial charge in [0.05, 0.1) is 6.61 Å². The van der Waals surface area contributed by atoms with Crippen LogP contribution in [0.15, 0.2) is 53.6 Å². The molecule has 1 saturated heterocycles. The molecule has 2 aromatic rings. The standard InChI is InChI=1S/C24H29N3O5S/c1-3-32-24(29)22-16-20(17-25(22)2)33(30,31)27-13-7-10-21(27)23(28)26-14-11-19(12-15-26)18-8-5-4-6-9-18/h4-6,8-9,11,16-17,21H,3,7,10,12-15H2,1-2H3. The zero-order chi connectivity index (χ0) is 23.6. The topological polar surface area (TPSA) is 88.9 Å². The number of amides is 1. The van der Waals surface area contributed by atoms with Crippen molar-refractivity contribution in [1.82, 2.24) is 13.8 Å². The fraction of sp³-hybridized carbons (Fsp3) is 0.417. The first-order chi connectivity index (χ1) is 15.8. The van der Waals surface area contributed by atoms with E-state index in [1.807, 2.05) is 24.3 Å². The lowest BCUT2D eigenvalue weighted by atomic mass is 9.99. The average Bonchev–Trinajstić information content (AvgIpc) is 3.47. The van der Waals surface area contributed by atoms with Gasteiger partial charge in [-0.2, -0.15) is 4.31 Å². The number of sulfonamides is 1. The van der Waals surface area contributed by atoms with Gasteiger partial charge in [0.15, 0.2) is 0 Å². The predicted molar refractivity (Wildman–Crippen MR) is 124 cm³/mol. The van der Waals surface area contributed by atoms with Gasteiger partial charge < -0.3 is 14.2 Å². The van der Waals surface area contributed by atoms with Crippen LogP contribution in [0.25, 0.3) is 5.57 Å². The molecule has 33 heavy (non-hydrogen) atoms. The summed E-state index contributed by atoms with van der Waals surface area (Å²) < 4.78 is 34.5. The van der Waals surface area contributed by atoms with Gasteiger partial charge in [-0.05, 0) is 43.4 Å². The second kappa shape index (κ2) is 9.52. The number of esters is 1. The fourth-order valence-corrected chi connectivity index (χ4v) is 6.21. The van der Waals surface area contributed by atoms with E-state index < -0.39 is 22.0 Å². The van der Waals surface area contributed by atoms with Crippen molar-refractivity contribution in [3.05, 3.63) is 59.9 Å². The van der Waals surface area contributed by atoms with Crippen molar-refractivity contribution in [3.63, 3.8) is 0 Å². The molecule has 4 rings (SSSR count). The highest BCUT2D eigenvalue weighted by atomic mass is 32.2. The Hall–Kier alpha value is -2.91. The zero-order valence-corrected chi connectivity index (χ0v) is 19.8. The van der Waals surface area contributed by atoms with Crippen LogP contribution >= 0.6 is 0 Å². The number of benzene rings is 1. The monoisotopic (exact) mass is 471 g/mol. The van der Waals surface area contributed by atoms with Crippen molar-refractivity contribution in [1.29, 1.82) is 0 Å². The molecule has 2 aliphatic heterocycles. The van der Waals surface area contributed by atoms with E-state index in [2.05, 4.69) is 12.1 Å². The molecule has 176 valence electrons. The van der Waals surface area contributed by atoms with Crippen LogP contribution in [-0.4, -0.2) is 66.3 Å². The molecule has 1 aromatic carbocycles. The number of carbonyl (C=O) groups excluding carboxylic acids is 2. The minimum Gasteiger partial charge on any atom is -0.461 e. The molecule has 0 spiro atoms. The molecule has 0 aliphatic carbocycles. The Morgan fingerprint density at radius 2 is 1.91 bits per heavy atom. The number of carbonyl (C=O) groups is 2. The van der Waals surface area contributed by atoms with E-state index in [0.717, 1.165) is 12.0 Å². The average molecular weight is 472 g/mol.